The number of hydrogen-bond donors (Lipinski definition) is 2. The molecule has 0 aromatic rings. The van der Waals surface area contributed by atoms with E-state index in [1.807, 2.05) is 6.92 Å². The molecule has 0 spiro atoms. The number of hydrogen-bond acceptors (Lipinski definition) is 2. The maximum absolute atomic E-state index is 5.84. The summed E-state index contributed by atoms with van der Waals surface area (Å²) in [6.45, 7) is 4.22. The van der Waals surface area contributed by atoms with E-state index in [-0.39, 0.29) is 6.04 Å². The van der Waals surface area contributed by atoms with Gasteiger partial charge in [0, 0.05) is 12.1 Å². The van der Waals surface area contributed by atoms with Crippen molar-refractivity contribution in [3.8, 4) is 0 Å². The minimum absolute atomic E-state index is 0.256. The third kappa shape index (κ3) is 7.82. The molecule has 0 radical (unpaired) electrons. The molecule has 2 atom stereocenters. The zero-order valence-corrected chi connectivity index (χ0v) is 7.84. The molecule has 68 valence electrons. The van der Waals surface area contributed by atoms with Crippen molar-refractivity contribution in [3.05, 3.63) is 0 Å². The molecule has 0 aromatic heterocycles. The molecular weight excluding hydrogens is 136 g/mol. The van der Waals surface area contributed by atoms with Gasteiger partial charge in [-0.25, -0.2) is 0 Å². The van der Waals surface area contributed by atoms with Crippen LogP contribution in [0.1, 0.15) is 46.0 Å². The average Bonchev–Trinajstić information content (AvgIpc) is 1.86. The third-order valence-corrected chi connectivity index (χ3v) is 1.85. The van der Waals surface area contributed by atoms with Crippen molar-refractivity contribution in [2.75, 3.05) is 0 Å². The third-order valence-electron chi connectivity index (χ3n) is 1.85. The zero-order chi connectivity index (χ0) is 8.69. The van der Waals surface area contributed by atoms with Crippen LogP contribution < -0.4 is 11.5 Å². The molecule has 0 fully saturated rings. The lowest BCUT2D eigenvalue weighted by Crippen LogP contribution is -2.29. The molecule has 0 aromatic carbocycles. The second-order valence-electron chi connectivity index (χ2n) is 3.47. The van der Waals surface area contributed by atoms with Crippen molar-refractivity contribution < 1.29 is 0 Å². The van der Waals surface area contributed by atoms with Crippen molar-refractivity contribution >= 4 is 0 Å². The van der Waals surface area contributed by atoms with E-state index in [1.54, 1.807) is 0 Å². The highest BCUT2D eigenvalue weighted by atomic mass is 14.7. The maximum Gasteiger partial charge on any atom is 0.00534 e. The van der Waals surface area contributed by atoms with Crippen molar-refractivity contribution in [3.63, 3.8) is 0 Å². The first-order valence-corrected chi connectivity index (χ1v) is 4.68. The Morgan fingerprint density at radius 3 is 2.27 bits per heavy atom. The van der Waals surface area contributed by atoms with Gasteiger partial charge in [-0.05, 0) is 19.8 Å². The van der Waals surface area contributed by atoms with Gasteiger partial charge < -0.3 is 11.5 Å². The fraction of sp³-hybridized carbons (Fsp3) is 1.00. The summed E-state index contributed by atoms with van der Waals surface area (Å²) in [7, 11) is 0. The molecule has 0 rings (SSSR count). The summed E-state index contributed by atoms with van der Waals surface area (Å²) in [6, 6.07) is 0.577. The molecule has 0 heterocycles. The molecule has 2 nitrogen and oxygen atoms in total. The van der Waals surface area contributed by atoms with Gasteiger partial charge in [-0.1, -0.05) is 26.2 Å². The molecule has 2 unspecified atom stereocenters. The summed E-state index contributed by atoms with van der Waals surface area (Å²) in [6.07, 6.45) is 5.92. The highest BCUT2D eigenvalue weighted by molar-refractivity contribution is 4.66. The standard InChI is InChI=1S/C9H22N2/c1-3-4-5-6-9(11)7-8(2)10/h8-9H,3-7,10-11H2,1-2H3. The SMILES string of the molecule is CCCCCC(N)CC(C)N. The molecule has 4 N–H and O–H groups in total. The number of nitrogens with two attached hydrogens (primary N) is 2. The molecule has 0 bridgehead atoms. The Bertz CT molecular complexity index is 81.6. The lowest BCUT2D eigenvalue weighted by Gasteiger charge is -2.13. The summed E-state index contributed by atoms with van der Waals surface area (Å²) in [4.78, 5) is 0. The summed E-state index contributed by atoms with van der Waals surface area (Å²) >= 11 is 0. The summed E-state index contributed by atoms with van der Waals surface area (Å²) in [5.74, 6) is 0. The second-order valence-corrected chi connectivity index (χ2v) is 3.47. The second kappa shape index (κ2) is 6.62. The maximum atomic E-state index is 5.84. The van der Waals surface area contributed by atoms with Gasteiger partial charge in [0.05, 0.1) is 0 Å². The largest absolute Gasteiger partial charge is 0.328 e. The first-order chi connectivity index (χ1) is 5.16. The van der Waals surface area contributed by atoms with E-state index in [0.717, 1.165) is 12.8 Å². The van der Waals surface area contributed by atoms with E-state index >= 15 is 0 Å². The van der Waals surface area contributed by atoms with Gasteiger partial charge in [-0.15, -0.1) is 0 Å². The van der Waals surface area contributed by atoms with Crippen LogP contribution in [0.3, 0.4) is 0 Å². The number of rotatable bonds is 6. The molecule has 0 aliphatic rings. The summed E-state index contributed by atoms with van der Waals surface area (Å²) in [5.41, 5.74) is 11.5. The fourth-order valence-electron chi connectivity index (χ4n) is 1.25. The normalized spacial score (nSPS) is 16.4. The predicted octanol–water partition coefficient (Wildman–Crippen LogP) is 1.63. The van der Waals surface area contributed by atoms with E-state index in [4.69, 9.17) is 11.5 Å². The minimum atomic E-state index is 0.256. The van der Waals surface area contributed by atoms with Crippen molar-refractivity contribution in [1.82, 2.24) is 0 Å². The van der Waals surface area contributed by atoms with Crippen LogP contribution in [-0.2, 0) is 0 Å². The molecule has 0 saturated heterocycles. The highest BCUT2D eigenvalue weighted by Gasteiger charge is 2.04. The molecule has 0 saturated carbocycles. The van der Waals surface area contributed by atoms with Gasteiger partial charge in [0.25, 0.3) is 0 Å². The van der Waals surface area contributed by atoms with Gasteiger partial charge in [0.1, 0.15) is 0 Å². The van der Waals surface area contributed by atoms with Crippen molar-refractivity contribution in [2.24, 2.45) is 11.5 Å². The topological polar surface area (TPSA) is 52.0 Å². The number of unbranched alkanes of at least 4 members (excludes halogenated alkanes) is 2. The first-order valence-electron chi connectivity index (χ1n) is 4.68. The van der Waals surface area contributed by atoms with Gasteiger partial charge in [0.2, 0.25) is 0 Å². The quantitative estimate of drug-likeness (QED) is 0.577. The molecule has 0 amide bonds. The van der Waals surface area contributed by atoms with Crippen LogP contribution in [0.15, 0.2) is 0 Å². The average molecular weight is 158 g/mol. The van der Waals surface area contributed by atoms with Crippen LogP contribution in [-0.4, -0.2) is 12.1 Å². The van der Waals surface area contributed by atoms with Crippen LogP contribution in [0, 0.1) is 0 Å². The smallest absolute Gasteiger partial charge is 0.00534 e. The van der Waals surface area contributed by atoms with Crippen LogP contribution in [0.2, 0.25) is 0 Å². The van der Waals surface area contributed by atoms with Crippen molar-refractivity contribution in [2.45, 2.75) is 58.0 Å². The minimum Gasteiger partial charge on any atom is -0.328 e. The van der Waals surface area contributed by atoms with E-state index in [1.165, 1.54) is 19.3 Å². The highest BCUT2D eigenvalue weighted by Crippen LogP contribution is 2.05. The Morgan fingerprint density at radius 2 is 1.82 bits per heavy atom. The Labute approximate surface area is 70.3 Å². The van der Waals surface area contributed by atoms with Crippen LogP contribution in [0.25, 0.3) is 0 Å². The monoisotopic (exact) mass is 158 g/mol. The van der Waals surface area contributed by atoms with E-state index in [2.05, 4.69) is 6.92 Å². The summed E-state index contributed by atoms with van der Waals surface area (Å²) in [5, 5.41) is 0. The van der Waals surface area contributed by atoms with E-state index < -0.39 is 0 Å². The Balaban J connectivity index is 3.15. The fourth-order valence-corrected chi connectivity index (χ4v) is 1.25. The lowest BCUT2D eigenvalue weighted by atomic mass is 10.0. The van der Waals surface area contributed by atoms with Crippen molar-refractivity contribution in [1.29, 1.82) is 0 Å². The molecule has 0 aliphatic carbocycles. The van der Waals surface area contributed by atoms with E-state index in [9.17, 15) is 0 Å². The van der Waals surface area contributed by atoms with Gasteiger partial charge in [0.15, 0.2) is 0 Å². The van der Waals surface area contributed by atoms with Crippen LogP contribution in [0.5, 0.6) is 0 Å². The molecule has 0 aliphatic heterocycles. The van der Waals surface area contributed by atoms with Gasteiger partial charge >= 0.3 is 0 Å². The Kier molecular flexibility index (Phi) is 6.57. The summed E-state index contributed by atoms with van der Waals surface area (Å²) < 4.78 is 0. The molecular formula is C9H22N2. The Hall–Kier alpha value is -0.0800. The zero-order valence-electron chi connectivity index (χ0n) is 7.84. The predicted molar refractivity (Wildman–Crippen MR) is 50.4 cm³/mol. The van der Waals surface area contributed by atoms with Crippen LogP contribution >= 0.6 is 0 Å². The first kappa shape index (κ1) is 10.9. The Morgan fingerprint density at radius 1 is 1.18 bits per heavy atom. The lowest BCUT2D eigenvalue weighted by molar-refractivity contribution is 0.492. The van der Waals surface area contributed by atoms with Crippen LogP contribution in [0.4, 0.5) is 0 Å². The van der Waals surface area contributed by atoms with Gasteiger partial charge in [-0.2, -0.15) is 0 Å². The molecule has 2 heteroatoms. The molecule has 11 heavy (non-hydrogen) atoms. The van der Waals surface area contributed by atoms with E-state index in [0.29, 0.717) is 6.04 Å². The van der Waals surface area contributed by atoms with Gasteiger partial charge in [-0.3, -0.25) is 0 Å².